The van der Waals surface area contributed by atoms with Crippen molar-refractivity contribution in [3.05, 3.63) is 66.0 Å². The molecule has 130 valence electrons. The Morgan fingerprint density at radius 2 is 2.00 bits per heavy atom. The first-order chi connectivity index (χ1) is 12.2. The van der Waals surface area contributed by atoms with Gasteiger partial charge in [0, 0.05) is 24.7 Å². The molecule has 0 radical (unpaired) electrons. The van der Waals surface area contributed by atoms with Crippen LogP contribution in [0.1, 0.15) is 5.56 Å². The van der Waals surface area contributed by atoms with E-state index in [0.717, 1.165) is 22.6 Å². The van der Waals surface area contributed by atoms with Gasteiger partial charge in [0.15, 0.2) is 6.39 Å². The SMILES string of the molecule is O[C@H](Cc1ccc(Cl)nc1)NCCOc1ccc(-c2cocn2)cc1. The summed E-state index contributed by atoms with van der Waals surface area (Å²) in [6.07, 6.45) is 4.44. The lowest BCUT2D eigenvalue weighted by atomic mass is 10.2. The van der Waals surface area contributed by atoms with Crippen LogP contribution >= 0.6 is 11.6 Å². The molecule has 0 fully saturated rings. The van der Waals surface area contributed by atoms with Gasteiger partial charge in [-0.25, -0.2) is 9.97 Å². The molecular formula is C18H18ClN3O3. The Balaban J connectivity index is 1.38. The fourth-order valence-corrected chi connectivity index (χ4v) is 2.41. The first-order valence-electron chi connectivity index (χ1n) is 7.84. The van der Waals surface area contributed by atoms with Crippen LogP contribution in [0, 0.1) is 0 Å². The van der Waals surface area contributed by atoms with Crippen LogP contribution in [0.25, 0.3) is 11.3 Å². The van der Waals surface area contributed by atoms with E-state index in [9.17, 15) is 5.11 Å². The van der Waals surface area contributed by atoms with Crippen molar-refractivity contribution in [1.29, 1.82) is 0 Å². The molecule has 2 heterocycles. The number of aliphatic hydroxyl groups excluding tert-OH is 1. The summed E-state index contributed by atoms with van der Waals surface area (Å²) in [4.78, 5) is 8.08. The number of ether oxygens (including phenoxy) is 1. The summed E-state index contributed by atoms with van der Waals surface area (Å²) in [5, 5.41) is 13.4. The number of aliphatic hydroxyl groups is 1. The second-order valence-corrected chi connectivity index (χ2v) is 5.80. The molecule has 0 amide bonds. The number of halogens is 1. The van der Waals surface area contributed by atoms with Gasteiger partial charge in [0.25, 0.3) is 0 Å². The Bertz CT molecular complexity index is 761. The maximum atomic E-state index is 9.97. The van der Waals surface area contributed by atoms with E-state index in [1.807, 2.05) is 30.3 Å². The highest BCUT2D eigenvalue weighted by atomic mass is 35.5. The first-order valence-corrected chi connectivity index (χ1v) is 8.22. The first kappa shape index (κ1) is 17.4. The van der Waals surface area contributed by atoms with Crippen LogP contribution in [0.15, 0.2) is 59.7 Å². The minimum absolute atomic E-state index is 0.439. The molecule has 1 atom stereocenters. The molecule has 0 saturated carbocycles. The van der Waals surface area contributed by atoms with Crippen molar-refractivity contribution in [2.24, 2.45) is 0 Å². The molecule has 0 aliphatic carbocycles. The van der Waals surface area contributed by atoms with Crippen LogP contribution in [-0.2, 0) is 6.42 Å². The van der Waals surface area contributed by atoms with E-state index in [-0.39, 0.29) is 0 Å². The average Bonchev–Trinajstić information content (AvgIpc) is 3.16. The van der Waals surface area contributed by atoms with Crippen molar-refractivity contribution in [3.8, 4) is 17.0 Å². The maximum absolute atomic E-state index is 9.97. The Morgan fingerprint density at radius 1 is 1.16 bits per heavy atom. The monoisotopic (exact) mass is 359 g/mol. The Labute approximate surface area is 150 Å². The number of oxazole rings is 1. The number of hydrogen-bond donors (Lipinski definition) is 2. The molecule has 3 aromatic rings. The topological polar surface area (TPSA) is 80.4 Å². The normalized spacial score (nSPS) is 12.1. The summed E-state index contributed by atoms with van der Waals surface area (Å²) in [6, 6.07) is 11.1. The summed E-state index contributed by atoms with van der Waals surface area (Å²) < 4.78 is 10.6. The van der Waals surface area contributed by atoms with Crippen molar-refractivity contribution < 1.29 is 14.3 Å². The minimum atomic E-state index is -0.666. The summed E-state index contributed by atoms with van der Waals surface area (Å²) >= 11 is 5.73. The highest BCUT2D eigenvalue weighted by Crippen LogP contribution is 2.20. The molecule has 2 aromatic heterocycles. The van der Waals surface area contributed by atoms with Gasteiger partial charge in [-0.2, -0.15) is 0 Å². The van der Waals surface area contributed by atoms with Crippen LogP contribution < -0.4 is 10.1 Å². The number of rotatable bonds is 8. The molecule has 0 saturated heterocycles. The fourth-order valence-electron chi connectivity index (χ4n) is 2.29. The van der Waals surface area contributed by atoms with E-state index in [1.54, 1.807) is 18.5 Å². The van der Waals surface area contributed by atoms with Crippen molar-refractivity contribution in [2.75, 3.05) is 13.2 Å². The highest BCUT2D eigenvalue weighted by molar-refractivity contribution is 6.29. The second kappa shape index (κ2) is 8.62. The zero-order valence-electron chi connectivity index (χ0n) is 13.4. The largest absolute Gasteiger partial charge is 0.492 e. The van der Waals surface area contributed by atoms with Crippen LogP contribution in [-0.4, -0.2) is 34.5 Å². The summed E-state index contributed by atoms with van der Waals surface area (Å²) in [6.45, 7) is 0.965. The average molecular weight is 360 g/mol. The van der Waals surface area contributed by atoms with Gasteiger partial charge in [0.2, 0.25) is 0 Å². The number of hydrogen-bond acceptors (Lipinski definition) is 6. The van der Waals surface area contributed by atoms with E-state index in [0.29, 0.717) is 24.7 Å². The lowest BCUT2D eigenvalue weighted by molar-refractivity contribution is 0.130. The standard InChI is InChI=1S/C18H18ClN3O3/c19-17-6-1-13(10-21-17)9-18(23)20-7-8-25-15-4-2-14(3-5-15)16-11-24-12-22-16/h1-6,10-12,18,20,23H,7-9H2/t18-/m1/s1. The Hall–Kier alpha value is -2.41. The minimum Gasteiger partial charge on any atom is -0.492 e. The number of nitrogens with one attached hydrogen (secondary N) is 1. The van der Waals surface area contributed by atoms with Crippen LogP contribution in [0.2, 0.25) is 5.15 Å². The molecule has 7 heteroatoms. The van der Waals surface area contributed by atoms with Gasteiger partial charge < -0.3 is 14.3 Å². The van der Waals surface area contributed by atoms with Crippen LogP contribution in [0.3, 0.4) is 0 Å². The van der Waals surface area contributed by atoms with Gasteiger partial charge in [-0.1, -0.05) is 17.7 Å². The number of nitrogens with zero attached hydrogens (tertiary/aromatic N) is 2. The van der Waals surface area contributed by atoms with E-state index in [4.69, 9.17) is 20.8 Å². The smallest absolute Gasteiger partial charge is 0.181 e. The molecule has 0 aliphatic heterocycles. The predicted molar refractivity (Wildman–Crippen MR) is 94.4 cm³/mol. The predicted octanol–water partition coefficient (Wildman–Crippen LogP) is 2.92. The molecule has 25 heavy (non-hydrogen) atoms. The second-order valence-electron chi connectivity index (χ2n) is 5.41. The van der Waals surface area contributed by atoms with Gasteiger partial charge in [-0.15, -0.1) is 0 Å². The molecule has 0 spiro atoms. The van der Waals surface area contributed by atoms with Crippen molar-refractivity contribution in [1.82, 2.24) is 15.3 Å². The molecule has 2 N–H and O–H groups in total. The third-order valence-corrected chi connectivity index (χ3v) is 3.77. The zero-order chi connectivity index (χ0) is 17.5. The molecule has 0 aliphatic rings. The number of aromatic nitrogens is 2. The summed E-state index contributed by atoms with van der Waals surface area (Å²) in [7, 11) is 0. The third-order valence-electron chi connectivity index (χ3n) is 3.55. The maximum Gasteiger partial charge on any atom is 0.181 e. The van der Waals surface area contributed by atoms with E-state index >= 15 is 0 Å². The van der Waals surface area contributed by atoms with Gasteiger partial charge >= 0.3 is 0 Å². The van der Waals surface area contributed by atoms with Crippen molar-refractivity contribution in [2.45, 2.75) is 12.6 Å². The number of pyridine rings is 1. The van der Waals surface area contributed by atoms with Crippen LogP contribution in [0.5, 0.6) is 5.75 Å². The lowest BCUT2D eigenvalue weighted by Gasteiger charge is -2.13. The van der Waals surface area contributed by atoms with E-state index in [2.05, 4.69) is 15.3 Å². The van der Waals surface area contributed by atoms with Gasteiger partial charge in [0.05, 0.1) is 0 Å². The summed E-state index contributed by atoms with van der Waals surface area (Å²) in [5.74, 6) is 0.755. The fraction of sp³-hybridized carbons (Fsp3) is 0.222. The summed E-state index contributed by atoms with van der Waals surface area (Å²) in [5.41, 5.74) is 2.66. The third kappa shape index (κ3) is 5.29. The van der Waals surface area contributed by atoms with Crippen molar-refractivity contribution in [3.63, 3.8) is 0 Å². The lowest BCUT2D eigenvalue weighted by Crippen LogP contribution is -2.34. The van der Waals surface area contributed by atoms with Gasteiger partial charge in [0.1, 0.15) is 35.7 Å². The van der Waals surface area contributed by atoms with Gasteiger partial charge in [-0.05, 0) is 35.9 Å². The highest BCUT2D eigenvalue weighted by Gasteiger charge is 2.05. The van der Waals surface area contributed by atoms with E-state index in [1.165, 1.54) is 6.39 Å². The Kier molecular flexibility index (Phi) is 6.00. The van der Waals surface area contributed by atoms with E-state index < -0.39 is 6.23 Å². The molecule has 0 bridgehead atoms. The quantitative estimate of drug-likeness (QED) is 0.365. The van der Waals surface area contributed by atoms with Gasteiger partial charge in [-0.3, -0.25) is 5.32 Å². The molecule has 3 rings (SSSR count). The Morgan fingerprint density at radius 3 is 2.68 bits per heavy atom. The zero-order valence-corrected chi connectivity index (χ0v) is 14.2. The molecule has 0 unspecified atom stereocenters. The number of benzene rings is 1. The molecule has 6 nitrogen and oxygen atoms in total. The van der Waals surface area contributed by atoms with Crippen LogP contribution in [0.4, 0.5) is 0 Å². The molecule has 1 aromatic carbocycles. The molecular weight excluding hydrogens is 342 g/mol. The van der Waals surface area contributed by atoms with Crippen molar-refractivity contribution >= 4 is 11.6 Å².